The Morgan fingerprint density at radius 2 is 2.25 bits per heavy atom. The predicted octanol–water partition coefficient (Wildman–Crippen LogP) is 2.90. The van der Waals surface area contributed by atoms with Crippen LogP contribution in [0.4, 0.5) is 4.39 Å². The summed E-state index contributed by atoms with van der Waals surface area (Å²) >= 11 is 6.09. The van der Waals surface area contributed by atoms with Crippen LogP contribution < -0.4 is 10.9 Å². The highest BCUT2D eigenvalue weighted by atomic mass is 35.5. The quantitative estimate of drug-likeness (QED) is 0.927. The number of hydrogen-bond acceptors (Lipinski definition) is 3. The Bertz CT molecular complexity index is 667. The van der Waals surface area contributed by atoms with E-state index in [9.17, 15) is 9.18 Å². The molecular weight excluding hydrogens is 283 g/mol. The maximum atomic E-state index is 13.1. The maximum absolute atomic E-state index is 13.1. The molecule has 3 rings (SSSR count). The summed E-state index contributed by atoms with van der Waals surface area (Å²) in [6, 6.07) is 5.76. The fourth-order valence-corrected chi connectivity index (χ4v) is 2.98. The van der Waals surface area contributed by atoms with Crippen LogP contribution in [-0.2, 0) is 0 Å². The minimum absolute atomic E-state index is 0.00938. The van der Waals surface area contributed by atoms with Gasteiger partial charge >= 0.3 is 0 Å². The van der Waals surface area contributed by atoms with Crippen LogP contribution in [0.2, 0.25) is 5.02 Å². The normalized spacial score (nSPS) is 22.9. The van der Waals surface area contributed by atoms with Gasteiger partial charge in [0.1, 0.15) is 12.1 Å². The summed E-state index contributed by atoms with van der Waals surface area (Å²) in [5, 5.41) is 3.74. The number of hydrogen-bond donors (Lipinski definition) is 1. The number of rotatable bonds is 2. The van der Waals surface area contributed by atoms with Gasteiger partial charge in [0.15, 0.2) is 0 Å². The van der Waals surface area contributed by atoms with E-state index in [-0.39, 0.29) is 23.5 Å². The Kier molecular flexibility index (Phi) is 3.63. The molecule has 1 saturated heterocycles. The fourth-order valence-electron chi connectivity index (χ4n) is 2.68. The second-order valence-electron chi connectivity index (χ2n) is 4.92. The van der Waals surface area contributed by atoms with Gasteiger partial charge in [0, 0.05) is 17.1 Å². The number of piperidine rings is 1. The topological polar surface area (TPSA) is 47.2 Å². The first-order valence-electron chi connectivity index (χ1n) is 6.50. The van der Waals surface area contributed by atoms with Gasteiger partial charge in [-0.05, 0) is 37.1 Å². The van der Waals surface area contributed by atoms with Crippen molar-refractivity contribution < 1.29 is 8.91 Å². The Labute approximate surface area is 120 Å². The first kappa shape index (κ1) is 13.4. The van der Waals surface area contributed by atoms with E-state index in [1.54, 1.807) is 6.07 Å². The number of aromatic nitrogens is 1. The van der Waals surface area contributed by atoms with Crippen LogP contribution >= 0.6 is 11.6 Å². The zero-order valence-corrected chi connectivity index (χ0v) is 11.4. The van der Waals surface area contributed by atoms with Gasteiger partial charge in [0.2, 0.25) is 0 Å². The molecule has 4 nitrogen and oxygen atoms in total. The third kappa shape index (κ3) is 2.51. The van der Waals surface area contributed by atoms with Gasteiger partial charge in [-0.2, -0.15) is 4.74 Å². The predicted molar refractivity (Wildman–Crippen MR) is 73.4 cm³/mol. The fraction of sp³-hybridized carbons (Fsp3) is 0.357. The van der Waals surface area contributed by atoms with Gasteiger partial charge in [-0.1, -0.05) is 17.7 Å². The van der Waals surface area contributed by atoms with Crippen LogP contribution in [0.1, 0.15) is 30.5 Å². The van der Waals surface area contributed by atoms with E-state index < -0.39 is 0 Å². The largest absolute Gasteiger partial charge is 0.384 e. The Hall–Kier alpha value is -1.59. The first-order chi connectivity index (χ1) is 9.65. The highest BCUT2D eigenvalue weighted by Gasteiger charge is 2.27. The molecule has 106 valence electrons. The van der Waals surface area contributed by atoms with Crippen molar-refractivity contribution in [1.29, 1.82) is 0 Å². The molecule has 1 aliphatic heterocycles. The summed E-state index contributed by atoms with van der Waals surface area (Å²) in [6.45, 7) is 0.746. The van der Waals surface area contributed by atoms with Gasteiger partial charge in [0.05, 0.1) is 6.04 Å². The van der Waals surface area contributed by atoms with E-state index in [1.165, 1.54) is 29.2 Å². The molecule has 20 heavy (non-hydrogen) atoms. The summed E-state index contributed by atoms with van der Waals surface area (Å²) < 4.78 is 19.7. The molecule has 0 aliphatic carbocycles. The van der Waals surface area contributed by atoms with E-state index >= 15 is 0 Å². The van der Waals surface area contributed by atoms with Gasteiger partial charge in [-0.3, -0.25) is 4.79 Å². The van der Waals surface area contributed by atoms with Crippen molar-refractivity contribution >= 4 is 11.6 Å². The van der Waals surface area contributed by atoms with Crippen molar-refractivity contribution in [2.45, 2.75) is 24.9 Å². The van der Waals surface area contributed by atoms with Gasteiger partial charge in [-0.25, -0.2) is 4.39 Å². The van der Waals surface area contributed by atoms with Crippen molar-refractivity contribution in [2.75, 3.05) is 6.54 Å². The Balaban J connectivity index is 1.85. The summed E-state index contributed by atoms with van der Waals surface area (Å²) in [5.74, 6) is -0.353. The number of nitrogens with one attached hydrogen (secondary N) is 1. The Morgan fingerprint density at radius 3 is 2.95 bits per heavy atom. The lowest BCUT2D eigenvalue weighted by Crippen LogP contribution is -2.35. The molecule has 2 heterocycles. The SMILES string of the molecule is O=c1ccon1[C@H]1CCN[C@H](c2ccc(F)cc2Cl)C1. The zero-order valence-electron chi connectivity index (χ0n) is 10.7. The molecule has 0 spiro atoms. The molecule has 2 atom stereocenters. The van der Waals surface area contributed by atoms with E-state index in [4.69, 9.17) is 16.1 Å². The maximum Gasteiger partial charge on any atom is 0.282 e. The molecule has 0 saturated carbocycles. The van der Waals surface area contributed by atoms with Crippen molar-refractivity contribution in [3.8, 4) is 0 Å². The molecule has 2 aromatic rings. The molecule has 6 heteroatoms. The molecule has 1 aromatic carbocycles. The van der Waals surface area contributed by atoms with E-state index in [1.807, 2.05) is 0 Å². The van der Waals surface area contributed by atoms with Crippen LogP contribution in [0, 0.1) is 5.82 Å². The molecule has 0 radical (unpaired) electrons. The van der Waals surface area contributed by atoms with Gasteiger partial charge in [0.25, 0.3) is 5.56 Å². The van der Waals surface area contributed by atoms with Crippen molar-refractivity contribution in [2.24, 2.45) is 0 Å². The molecule has 1 N–H and O–H groups in total. The zero-order chi connectivity index (χ0) is 14.1. The molecule has 0 bridgehead atoms. The third-order valence-corrected chi connectivity index (χ3v) is 3.98. The lowest BCUT2D eigenvalue weighted by atomic mass is 9.94. The van der Waals surface area contributed by atoms with E-state index in [2.05, 4.69) is 5.32 Å². The smallest absolute Gasteiger partial charge is 0.282 e. The van der Waals surface area contributed by atoms with Crippen LogP contribution in [0.15, 0.2) is 39.8 Å². The number of benzene rings is 1. The van der Waals surface area contributed by atoms with Gasteiger partial charge < -0.3 is 9.84 Å². The third-order valence-electron chi connectivity index (χ3n) is 3.65. The average Bonchev–Trinajstić information content (AvgIpc) is 2.85. The second kappa shape index (κ2) is 5.42. The van der Waals surface area contributed by atoms with Crippen molar-refractivity contribution in [1.82, 2.24) is 10.1 Å². The van der Waals surface area contributed by atoms with Crippen LogP contribution in [0.25, 0.3) is 0 Å². The molecule has 0 unspecified atom stereocenters. The molecule has 1 aromatic heterocycles. The second-order valence-corrected chi connectivity index (χ2v) is 5.33. The molecular formula is C14H14ClFN2O2. The lowest BCUT2D eigenvalue weighted by molar-refractivity contribution is 0.161. The minimum atomic E-state index is -0.353. The van der Waals surface area contributed by atoms with Crippen molar-refractivity contribution in [3.05, 3.63) is 57.3 Å². The summed E-state index contributed by atoms with van der Waals surface area (Å²) in [5.41, 5.74) is 0.707. The highest BCUT2D eigenvalue weighted by molar-refractivity contribution is 6.31. The lowest BCUT2D eigenvalue weighted by Gasteiger charge is -2.30. The van der Waals surface area contributed by atoms with Crippen molar-refractivity contribution in [3.63, 3.8) is 0 Å². The Morgan fingerprint density at radius 1 is 1.40 bits per heavy atom. The molecule has 1 aliphatic rings. The average molecular weight is 297 g/mol. The monoisotopic (exact) mass is 296 g/mol. The standard InChI is InChI=1S/C14H14ClFN2O2/c15-12-7-9(16)1-2-11(12)13-8-10(3-5-17-13)18-14(19)4-6-20-18/h1-2,4,6-7,10,13,17H,3,5,8H2/t10-,13-/m0/s1. The number of nitrogens with zero attached hydrogens (tertiary/aromatic N) is 1. The highest BCUT2D eigenvalue weighted by Crippen LogP contribution is 2.33. The van der Waals surface area contributed by atoms with Gasteiger partial charge in [-0.15, -0.1) is 0 Å². The molecule has 0 amide bonds. The number of halogens is 2. The van der Waals surface area contributed by atoms with E-state index in [0.29, 0.717) is 11.4 Å². The summed E-state index contributed by atoms with van der Waals surface area (Å²) in [6.07, 6.45) is 2.88. The minimum Gasteiger partial charge on any atom is -0.384 e. The van der Waals surface area contributed by atoms with E-state index in [0.717, 1.165) is 18.5 Å². The van der Waals surface area contributed by atoms with Crippen LogP contribution in [0.5, 0.6) is 0 Å². The molecule has 1 fully saturated rings. The summed E-state index contributed by atoms with van der Waals surface area (Å²) in [4.78, 5) is 11.6. The first-order valence-corrected chi connectivity index (χ1v) is 6.88. The summed E-state index contributed by atoms with van der Waals surface area (Å²) in [7, 11) is 0. The van der Waals surface area contributed by atoms with Crippen LogP contribution in [-0.4, -0.2) is 11.3 Å². The van der Waals surface area contributed by atoms with Crippen LogP contribution in [0.3, 0.4) is 0 Å².